The van der Waals surface area contributed by atoms with Crippen LogP contribution in [0.4, 0.5) is 0 Å². The Kier molecular flexibility index (Phi) is 8.06. The van der Waals surface area contributed by atoms with Crippen LogP contribution >= 0.6 is 11.3 Å². The molecule has 1 aliphatic heterocycles. The number of benzene rings is 5. The lowest BCUT2D eigenvalue weighted by atomic mass is 9.81. The van der Waals surface area contributed by atoms with E-state index in [4.69, 9.17) is 19.7 Å². The molecule has 5 heteroatoms. The third kappa shape index (κ3) is 5.87. The summed E-state index contributed by atoms with van der Waals surface area (Å²) in [5, 5.41) is 2.63. The summed E-state index contributed by atoms with van der Waals surface area (Å²) >= 11 is 1.87. The quantitative estimate of drug-likeness (QED) is 0.170. The van der Waals surface area contributed by atoms with Gasteiger partial charge >= 0.3 is 0 Å². The molecule has 0 N–H and O–H groups in total. The number of hydrogen-bond donors (Lipinski definition) is 0. The molecular formula is C51H37N3OS. The molecule has 0 bridgehead atoms. The zero-order valence-electron chi connectivity index (χ0n) is 30.7. The van der Waals surface area contributed by atoms with Gasteiger partial charge in [-0.25, -0.2) is 15.0 Å². The van der Waals surface area contributed by atoms with Crippen molar-refractivity contribution in [2.75, 3.05) is 0 Å². The molecule has 3 atom stereocenters. The number of allylic oxidation sites excluding steroid dienone is 8. The number of aromatic nitrogens is 3. The summed E-state index contributed by atoms with van der Waals surface area (Å²) in [5.41, 5.74) is 10.6. The largest absolute Gasteiger partial charge is 0.485 e. The first-order chi connectivity index (χ1) is 27.7. The normalized spacial score (nSPS) is 19.8. The van der Waals surface area contributed by atoms with Crippen LogP contribution in [-0.2, 0) is 4.74 Å². The van der Waals surface area contributed by atoms with Crippen molar-refractivity contribution in [2.24, 2.45) is 5.92 Å². The maximum atomic E-state index is 6.94. The molecule has 0 amide bonds. The van der Waals surface area contributed by atoms with Crippen LogP contribution in [0.25, 0.3) is 65.2 Å². The summed E-state index contributed by atoms with van der Waals surface area (Å²) in [7, 11) is 0. The Hall–Kier alpha value is -6.43. The van der Waals surface area contributed by atoms with Crippen molar-refractivity contribution >= 4 is 42.7 Å². The van der Waals surface area contributed by atoms with Gasteiger partial charge < -0.3 is 4.74 Å². The summed E-state index contributed by atoms with van der Waals surface area (Å²) in [6.45, 7) is 0. The van der Waals surface area contributed by atoms with E-state index in [-0.39, 0.29) is 12.0 Å². The third-order valence-corrected chi connectivity index (χ3v) is 12.8. The lowest BCUT2D eigenvalue weighted by molar-refractivity contribution is 0.181. The van der Waals surface area contributed by atoms with E-state index in [1.54, 1.807) is 0 Å². The Morgan fingerprint density at radius 1 is 0.571 bits per heavy atom. The summed E-state index contributed by atoms with van der Waals surface area (Å²) in [4.78, 5) is 15.3. The van der Waals surface area contributed by atoms with E-state index in [0.29, 0.717) is 23.4 Å². The van der Waals surface area contributed by atoms with Gasteiger partial charge in [0, 0.05) is 48.7 Å². The minimum absolute atomic E-state index is 0.139. The average Bonchev–Trinajstić information content (AvgIpc) is 3.84. The molecule has 3 unspecified atom stereocenters. The average molecular weight is 740 g/mol. The molecule has 0 spiro atoms. The molecule has 268 valence electrons. The SMILES string of the molecule is C1=CCC(c2ccc(-c3nc(C4=CC=CC5C6=C(C=C(c7ccc8sc9ccc(-c%10ccccc%10)cc9c8c7)CC6)OC45)nc(-c4ccccc4)n3)cc2)C=C1. The molecule has 3 heterocycles. The van der Waals surface area contributed by atoms with Gasteiger partial charge in [-0.1, -0.05) is 140 Å². The second kappa shape index (κ2) is 13.7. The van der Waals surface area contributed by atoms with Crippen LogP contribution in [0.5, 0.6) is 0 Å². The van der Waals surface area contributed by atoms with Gasteiger partial charge in [0.15, 0.2) is 17.5 Å². The fourth-order valence-corrected chi connectivity index (χ4v) is 9.74. The number of rotatable bonds is 6. The topological polar surface area (TPSA) is 47.9 Å². The molecule has 4 aliphatic rings. The molecule has 3 aliphatic carbocycles. The highest BCUT2D eigenvalue weighted by molar-refractivity contribution is 7.25. The first-order valence-electron chi connectivity index (χ1n) is 19.5. The van der Waals surface area contributed by atoms with Gasteiger partial charge in [0.25, 0.3) is 0 Å². The summed E-state index contributed by atoms with van der Waals surface area (Å²) in [6.07, 6.45) is 20.3. The maximum absolute atomic E-state index is 6.94. The molecule has 0 fully saturated rings. The van der Waals surface area contributed by atoms with E-state index in [1.807, 2.05) is 29.5 Å². The molecule has 4 nitrogen and oxygen atoms in total. The van der Waals surface area contributed by atoms with Crippen LogP contribution in [0.1, 0.15) is 42.1 Å². The van der Waals surface area contributed by atoms with Crippen molar-refractivity contribution in [1.82, 2.24) is 15.0 Å². The van der Waals surface area contributed by atoms with Crippen molar-refractivity contribution in [3.8, 4) is 33.9 Å². The lowest BCUT2D eigenvalue weighted by Crippen LogP contribution is -2.23. The molecule has 11 rings (SSSR count). The van der Waals surface area contributed by atoms with E-state index in [0.717, 1.165) is 41.7 Å². The number of nitrogens with zero attached hydrogens (tertiary/aromatic N) is 3. The Morgan fingerprint density at radius 2 is 1.23 bits per heavy atom. The molecule has 7 aromatic rings. The zero-order valence-corrected chi connectivity index (χ0v) is 31.5. The standard InChI is InChI=1S/C51H37N3OS/c1-4-11-32(12-5-1)34-19-21-36(22-20-34)50-52-49(35-15-8-3-9-16-35)53-51(54-50)42-18-10-17-41-40-26-23-39(31-45(40)55-48(41)42)38-25-28-47-44(30-38)43-29-37(24-27-46(43)56-47)33-13-6-2-7-14-33/h1-11,13-22,24-25,27-32,41,48H,12,23,26H2. The van der Waals surface area contributed by atoms with Gasteiger partial charge in [-0.05, 0) is 83.0 Å². The van der Waals surface area contributed by atoms with Crippen LogP contribution < -0.4 is 0 Å². The Morgan fingerprint density at radius 3 is 1.96 bits per heavy atom. The molecule has 0 saturated carbocycles. The predicted octanol–water partition coefficient (Wildman–Crippen LogP) is 12.9. The predicted molar refractivity (Wildman–Crippen MR) is 231 cm³/mol. The Balaban J connectivity index is 0.917. The van der Waals surface area contributed by atoms with Crippen LogP contribution in [0.3, 0.4) is 0 Å². The number of hydrogen-bond acceptors (Lipinski definition) is 5. The molecular weight excluding hydrogens is 703 g/mol. The minimum atomic E-state index is -0.201. The zero-order chi connectivity index (χ0) is 37.0. The second-order valence-electron chi connectivity index (χ2n) is 15.0. The van der Waals surface area contributed by atoms with E-state index in [9.17, 15) is 0 Å². The maximum Gasteiger partial charge on any atom is 0.164 e. The summed E-state index contributed by atoms with van der Waals surface area (Å²) in [5.74, 6) is 3.49. The van der Waals surface area contributed by atoms with Crippen LogP contribution in [0.2, 0.25) is 0 Å². The van der Waals surface area contributed by atoms with Crippen molar-refractivity contribution in [3.05, 3.63) is 198 Å². The van der Waals surface area contributed by atoms with Crippen LogP contribution in [0.15, 0.2) is 181 Å². The first kappa shape index (κ1) is 33.0. The third-order valence-electron chi connectivity index (χ3n) is 11.6. The first-order valence-corrected chi connectivity index (χ1v) is 20.3. The summed E-state index contributed by atoms with van der Waals surface area (Å²) < 4.78 is 9.57. The van der Waals surface area contributed by atoms with Crippen molar-refractivity contribution in [3.63, 3.8) is 0 Å². The summed E-state index contributed by atoms with van der Waals surface area (Å²) in [6, 6.07) is 43.4. The fraction of sp³-hybridized carbons (Fsp3) is 0.118. The van der Waals surface area contributed by atoms with Gasteiger partial charge in [0.05, 0.1) is 0 Å². The fourth-order valence-electron chi connectivity index (χ4n) is 8.67. The highest BCUT2D eigenvalue weighted by atomic mass is 32.1. The number of ether oxygens (including phenoxy) is 1. The van der Waals surface area contributed by atoms with E-state index in [2.05, 4.69) is 152 Å². The van der Waals surface area contributed by atoms with E-state index < -0.39 is 0 Å². The molecule has 56 heavy (non-hydrogen) atoms. The number of fused-ring (bicyclic) bond motifs is 5. The van der Waals surface area contributed by atoms with E-state index >= 15 is 0 Å². The Bertz CT molecular complexity index is 2860. The molecule has 0 radical (unpaired) electrons. The lowest BCUT2D eigenvalue weighted by Gasteiger charge is -2.23. The van der Waals surface area contributed by atoms with Gasteiger partial charge in [0.1, 0.15) is 11.9 Å². The minimum Gasteiger partial charge on any atom is -0.485 e. The van der Waals surface area contributed by atoms with Crippen molar-refractivity contribution in [2.45, 2.75) is 31.3 Å². The Labute approximate surface area is 330 Å². The molecule has 5 aromatic carbocycles. The van der Waals surface area contributed by atoms with E-state index in [1.165, 1.54) is 53.6 Å². The van der Waals surface area contributed by atoms with Crippen molar-refractivity contribution in [1.29, 1.82) is 0 Å². The molecule has 2 aromatic heterocycles. The second-order valence-corrected chi connectivity index (χ2v) is 16.1. The van der Waals surface area contributed by atoms with Gasteiger partial charge in [-0.2, -0.15) is 0 Å². The van der Waals surface area contributed by atoms with Gasteiger partial charge in [-0.3, -0.25) is 0 Å². The van der Waals surface area contributed by atoms with Gasteiger partial charge in [-0.15, -0.1) is 11.3 Å². The smallest absolute Gasteiger partial charge is 0.164 e. The van der Waals surface area contributed by atoms with Crippen LogP contribution in [0, 0.1) is 5.92 Å². The number of thiophene rings is 1. The van der Waals surface area contributed by atoms with Crippen molar-refractivity contribution < 1.29 is 4.74 Å². The highest BCUT2D eigenvalue weighted by Crippen LogP contribution is 2.48. The molecule has 0 saturated heterocycles. The van der Waals surface area contributed by atoms with Gasteiger partial charge in [0.2, 0.25) is 0 Å². The monoisotopic (exact) mass is 739 g/mol. The van der Waals surface area contributed by atoms with Crippen LogP contribution in [-0.4, -0.2) is 21.1 Å². The highest BCUT2D eigenvalue weighted by Gasteiger charge is 2.40.